The average Bonchev–Trinajstić information content (AvgIpc) is 3.01. The zero-order valence-electron chi connectivity index (χ0n) is 12.2. The van der Waals surface area contributed by atoms with E-state index in [9.17, 15) is 4.79 Å². The standard InChI is InChI=1S/C15H20N4O2/c1-11(9-20)17-15(21)18-12(2)13-3-5-14(6-4-13)19-8-7-16-10-19/h3-8,10-12,20H,9H2,1-2H3,(H2,17,18,21). The van der Waals surface area contributed by atoms with Crippen molar-refractivity contribution in [2.24, 2.45) is 0 Å². The molecule has 2 rings (SSSR count). The van der Waals surface area contributed by atoms with Crippen LogP contribution in [0.15, 0.2) is 43.0 Å². The lowest BCUT2D eigenvalue weighted by Crippen LogP contribution is -2.43. The Hall–Kier alpha value is -2.34. The van der Waals surface area contributed by atoms with Gasteiger partial charge in [0, 0.05) is 18.1 Å². The molecule has 2 aromatic rings. The number of nitrogens with one attached hydrogen (secondary N) is 2. The number of urea groups is 1. The monoisotopic (exact) mass is 288 g/mol. The molecule has 0 aliphatic heterocycles. The average molecular weight is 288 g/mol. The van der Waals surface area contributed by atoms with Gasteiger partial charge in [-0.05, 0) is 31.5 Å². The van der Waals surface area contributed by atoms with Gasteiger partial charge in [-0.3, -0.25) is 0 Å². The van der Waals surface area contributed by atoms with Crippen LogP contribution < -0.4 is 10.6 Å². The summed E-state index contributed by atoms with van der Waals surface area (Å²) in [6.45, 7) is 3.57. The molecule has 0 aliphatic carbocycles. The van der Waals surface area contributed by atoms with Crippen molar-refractivity contribution in [3.63, 3.8) is 0 Å². The van der Waals surface area contributed by atoms with Gasteiger partial charge in [-0.1, -0.05) is 12.1 Å². The third-order valence-electron chi connectivity index (χ3n) is 3.19. The van der Waals surface area contributed by atoms with Crippen molar-refractivity contribution in [2.45, 2.75) is 25.9 Å². The van der Waals surface area contributed by atoms with E-state index in [1.165, 1.54) is 0 Å². The zero-order valence-corrected chi connectivity index (χ0v) is 12.2. The van der Waals surface area contributed by atoms with Crippen molar-refractivity contribution in [2.75, 3.05) is 6.61 Å². The number of amides is 2. The van der Waals surface area contributed by atoms with E-state index in [1.54, 1.807) is 19.4 Å². The van der Waals surface area contributed by atoms with Crippen LogP contribution >= 0.6 is 0 Å². The highest BCUT2D eigenvalue weighted by Gasteiger charge is 2.11. The Morgan fingerprint density at radius 2 is 2.00 bits per heavy atom. The molecule has 21 heavy (non-hydrogen) atoms. The van der Waals surface area contributed by atoms with E-state index in [2.05, 4.69) is 15.6 Å². The fourth-order valence-electron chi connectivity index (χ4n) is 1.94. The van der Waals surface area contributed by atoms with Gasteiger partial charge in [-0.15, -0.1) is 0 Å². The second-order valence-corrected chi connectivity index (χ2v) is 4.98. The second-order valence-electron chi connectivity index (χ2n) is 4.98. The summed E-state index contributed by atoms with van der Waals surface area (Å²) in [5.74, 6) is 0. The summed E-state index contributed by atoms with van der Waals surface area (Å²) < 4.78 is 1.91. The summed E-state index contributed by atoms with van der Waals surface area (Å²) in [7, 11) is 0. The fraction of sp³-hybridized carbons (Fsp3) is 0.333. The van der Waals surface area contributed by atoms with E-state index in [0.717, 1.165) is 11.3 Å². The van der Waals surface area contributed by atoms with E-state index < -0.39 is 0 Å². The van der Waals surface area contributed by atoms with Crippen LogP contribution in [0.1, 0.15) is 25.5 Å². The van der Waals surface area contributed by atoms with Gasteiger partial charge >= 0.3 is 6.03 Å². The van der Waals surface area contributed by atoms with Crippen LogP contribution in [0.5, 0.6) is 0 Å². The minimum Gasteiger partial charge on any atom is -0.394 e. The number of aromatic nitrogens is 2. The van der Waals surface area contributed by atoms with Crippen LogP contribution in [-0.2, 0) is 0 Å². The first-order valence-corrected chi connectivity index (χ1v) is 6.86. The summed E-state index contributed by atoms with van der Waals surface area (Å²) in [6, 6.07) is 7.22. The van der Waals surface area contributed by atoms with E-state index in [0.29, 0.717) is 0 Å². The van der Waals surface area contributed by atoms with Crippen molar-refractivity contribution in [3.05, 3.63) is 48.5 Å². The Balaban J connectivity index is 1.97. The van der Waals surface area contributed by atoms with Crippen molar-refractivity contribution in [1.82, 2.24) is 20.2 Å². The number of aliphatic hydroxyl groups is 1. The fourth-order valence-corrected chi connectivity index (χ4v) is 1.94. The minimum absolute atomic E-state index is 0.0819. The van der Waals surface area contributed by atoms with Gasteiger partial charge in [0.2, 0.25) is 0 Å². The molecule has 112 valence electrons. The Morgan fingerprint density at radius 1 is 1.29 bits per heavy atom. The Bertz CT molecular complexity index is 566. The molecular weight excluding hydrogens is 268 g/mol. The first kappa shape index (κ1) is 15.1. The first-order chi connectivity index (χ1) is 10.1. The number of aliphatic hydroxyl groups excluding tert-OH is 1. The molecule has 6 nitrogen and oxygen atoms in total. The van der Waals surface area contributed by atoms with Crippen molar-refractivity contribution in [3.8, 4) is 5.69 Å². The van der Waals surface area contributed by atoms with Gasteiger partial charge in [0.15, 0.2) is 0 Å². The Morgan fingerprint density at radius 3 is 2.57 bits per heavy atom. The van der Waals surface area contributed by atoms with Crippen LogP contribution in [0.2, 0.25) is 0 Å². The predicted molar refractivity (Wildman–Crippen MR) is 80.2 cm³/mol. The summed E-state index contributed by atoms with van der Waals surface area (Å²) in [5, 5.41) is 14.4. The number of imidazole rings is 1. The lowest BCUT2D eigenvalue weighted by Gasteiger charge is -2.17. The third kappa shape index (κ3) is 4.06. The number of rotatable bonds is 5. The maximum absolute atomic E-state index is 11.7. The molecule has 2 amide bonds. The Kier molecular flexibility index (Phi) is 4.94. The maximum atomic E-state index is 11.7. The first-order valence-electron chi connectivity index (χ1n) is 6.86. The van der Waals surface area contributed by atoms with E-state index >= 15 is 0 Å². The number of nitrogens with zero attached hydrogens (tertiary/aromatic N) is 2. The molecule has 0 saturated carbocycles. The van der Waals surface area contributed by atoms with E-state index in [-0.39, 0.29) is 24.7 Å². The van der Waals surface area contributed by atoms with E-state index in [1.807, 2.05) is 42.0 Å². The molecule has 0 aliphatic rings. The molecule has 0 radical (unpaired) electrons. The maximum Gasteiger partial charge on any atom is 0.315 e. The molecule has 2 atom stereocenters. The van der Waals surface area contributed by atoms with Crippen molar-refractivity contribution < 1.29 is 9.90 Å². The number of hydrogen-bond donors (Lipinski definition) is 3. The Labute approximate surface area is 123 Å². The highest BCUT2D eigenvalue weighted by molar-refractivity contribution is 5.74. The second kappa shape index (κ2) is 6.90. The topological polar surface area (TPSA) is 79.2 Å². The molecule has 0 saturated heterocycles. The molecule has 0 fully saturated rings. The third-order valence-corrected chi connectivity index (χ3v) is 3.19. The number of carbonyl (C=O) groups excluding carboxylic acids is 1. The largest absolute Gasteiger partial charge is 0.394 e. The molecule has 1 aromatic heterocycles. The summed E-state index contributed by atoms with van der Waals surface area (Å²) in [4.78, 5) is 15.7. The number of carbonyl (C=O) groups is 1. The lowest BCUT2D eigenvalue weighted by atomic mass is 10.1. The van der Waals surface area contributed by atoms with Gasteiger partial charge in [-0.2, -0.15) is 0 Å². The van der Waals surface area contributed by atoms with Crippen LogP contribution in [0.25, 0.3) is 5.69 Å². The SMILES string of the molecule is CC(CO)NC(=O)NC(C)c1ccc(-n2ccnc2)cc1. The van der Waals surface area contributed by atoms with Crippen LogP contribution in [0.3, 0.4) is 0 Å². The van der Waals surface area contributed by atoms with Crippen molar-refractivity contribution in [1.29, 1.82) is 0 Å². The van der Waals surface area contributed by atoms with Gasteiger partial charge < -0.3 is 20.3 Å². The molecule has 1 aromatic carbocycles. The molecule has 0 bridgehead atoms. The highest BCUT2D eigenvalue weighted by atomic mass is 16.3. The number of benzene rings is 1. The highest BCUT2D eigenvalue weighted by Crippen LogP contribution is 2.15. The smallest absolute Gasteiger partial charge is 0.315 e. The summed E-state index contributed by atoms with van der Waals surface area (Å²) >= 11 is 0. The molecule has 2 unspecified atom stereocenters. The van der Waals surface area contributed by atoms with Gasteiger partial charge in [0.25, 0.3) is 0 Å². The van der Waals surface area contributed by atoms with E-state index in [4.69, 9.17) is 5.11 Å². The summed E-state index contributed by atoms with van der Waals surface area (Å²) in [6.07, 6.45) is 5.34. The van der Waals surface area contributed by atoms with Crippen molar-refractivity contribution >= 4 is 6.03 Å². The molecule has 6 heteroatoms. The number of hydrogen-bond acceptors (Lipinski definition) is 3. The van der Waals surface area contributed by atoms with Crippen LogP contribution in [0, 0.1) is 0 Å². The lowest BCUT2D eigenvalue weighted by molar-refractivity contribution is 0.218. The van der Waals surface area contributed by atoms with Gasteiger partial charge in [0.1, 0.15) is 0 Å². The molecule has 3 N–H and O–H groups in total. The van der Waals surface area contributed by atoms with Crippen LogP contribution in [-0.4, -0.2) is 33.3 Å². The summed E-state index contributed by atoms with van der Waals surface area (Å²) in [5.41, 5.74) is 2.02. The van der Waals surface area contributed by atoms with Gasteiger partial charge in [0.05, 0.1) is 25.0 Å². The van der Waals surface area contributed by atoms with Gasteiger partial charge in [-0.25, -0.2) is 9.78 Å². The predicted octanol–water partition coefficient (Wildman–Crippen LogP) is 1.61. The molecular formula is C15H20N4O2. The molecule has 0 spiro atoms. The minimum atomic E-state index is -0.289. The normalized spacial score (nSPS) is 13.5. The quantitative estimate of drug-likeness (QED) is 0.782. The zero-order chi connectivity index (χ0) is 15.2. The van der Waals surface area contributed by atoms with Crippen LogP contribution in [0.4, 0.5) is 4.79 Å². The molecule has 1 heterocycles.